The number of rotatable bonds is 10. The van der Waals surface area contributed by atoms with Gasteiger partial charge in [0.15, 0.2) is 11.5 Å². The Labute approximate surface area is 187 Å². The lowest BCUT2D eigenvalue weighted by atomic mass is 10.2. The molecule has 168 valence electrons. The SMILES string of the molecule is CCOc1cc(/C=N\Nc2nc(C)c(CCO)c(=O)[nH]2)ccc1OCc1ccc(C)cc1. The predicted octanol–water partition coefficient (Wildman–Crippen LogP) is 3.35. The Hall–Kier alpha value is -3.65. The number of aryl methyl sites for hydroxylation is 2. The van der Waals surface area contributed by atoms with Crippen molar-refractivity contribution in [3.8, 4) is 11.5 Å². The van der Waals surface area contributed by atoms with Crippen molar-refractivity contribution in [3.05, 3.63) is 80.8 Å². The topological polar surface area (TPSA) is 109 Å². The van der Waals surface area contributed by atoms with E-state index >= 15 is 0 Å². The zero-order valence-electron chi connectivity index (χ0n) is 18.5. The van der Waals surface area contributed by atoms with Crippen LogP contribution in [-0.2, 0) is 13.0 Å². The van der Waals surface area contributed by atoms with Gasteiger partial charge in [-0.3, -0.25) is 9.78 Å². The monoisotopic (exact) mass is 436 g/mol. The summed E-state index contributed by atoms with van der Waals surface area (Å²) in [5, 5.41) is 13.2. The Morgan fingerprint density at radius 2 is 1.91 bits per heavy atom. The Kier molecular flexibility index (Phi) is 7.99. The highest BCUT2D eigenvalue weighted by molar-refractivity contribution is 5.81. The van der Waals surface area contributed by atoms with Gasteiger partial charge in [-0.2, -0.15) is 5.10 Å². The first kappa shape index (κ1) is 23.0. The third-order valence-corrected chi connectivity index (χ3v) is 4.75. The van der Waals surface area contributed by atoms with Gasteiger partial charge in [0.05, 0.1) is 18.5 Å². The summed E-state index contributed by atoms with van der Waals surface area (Å²) < 4.78 is 11.7. The maximum Gasteiger partial charge on any atom is 0.255 e. The van der Waals surface area contributed by atoms with Gasteiger partial charge < -0.3 is 14.6 Å². The molecule has 0 fully saturated rings. The third kappa shape index (κ3) is 6.18. The highest BCUT2D eigenvalue weighted by Crippen LogP contribution is 2.29. The van der Waals surface area contributed by atoms with Crippen molar-refractivity contribution in [1.29, 1.82) is 0 Å². The van der Waals surface area contributed by atoms with Crippen molar-refractivity contribution in [3.63, 3.8) is 0 Å². The summed E-state index contributed by atoms with van der Waals surface area (Å²) in [7, 11) is 0. The number of aliphatic hydroxyl groups excluding tert-OH is 1. The summed E-state index contributed by atoms with van der Waals surface area (Å²) in [5.41, 5.74) is 6.52. The molecule has 0 bridgehead atoms. The number of aromatic amines is 1. The first-order valence-corrected chi connectivity index (χ1v) is 10.4. The van der Waals surface area contributed by atoms with Gasteiger partial charge in [0.25, 0.3) is 5.56 Å². The number of hydrogen-bond donors (Lipinski definition) is 3. The highest BCUT2D eigenvalue weighted by atomic mass is 16.5. The van der Waals surface area contributed by atoms with Gasteiger partial charge in [-0.1, -0.05) is 29.8 Å². The molecular weight excluding hydrogens is 408 g/mol. The second-order valence-corrected chi connectivity index (χ2v) is 7.24. The van der Waals surface area contributed by atoms with E-state index < -0.39 is 0 Å². The van der Waals surface area contributed by atoms with Gasteiger partial charge in [-0.15, -0.1) is 0 Å². The van der Waals surface area contributed by atoms with Crippen molar-refractivity contribution >= 4 is 12.2 Å². The van der Waals surface area contributed by atoms with Crippen LogP contribution in [0.5, 0.6) is 11.5 Å². The van der Waals surface area contributed by atoms with Crippen molar-refractivity contribution in [1.82, 2.24) is 9.97 Å². The zero-order chi connectivity index (χ0) is 22.9. The van der Waals surface area contributed by atoms with E-state index in [9.17, 15) is 4.79 Å². The maximum atomic E-state index is 12.1. The lowest BCUT2D eigenvalue weighted by Crippen LogP contribution is -2.19. The van der Waals surface area contributed by atoms with Gasteiger partial charge in [-0.05, 0) is 50.1 Å². The molecule has 8 nitrogen and oxygen atoms in total. The lowest BCUT2D eigenvalue weighted by Gasteiger charge is -2.13. The normalized spacial score (nSPS) is 11.0. The fraction of sp³-hybridized carbons (Fsp3) is 0.292. The quantitative estimate of drug-likeness (QED) is 0.332. The molecule has 0 amide bonds. The van der Waals surface area contributed by atoms with Crippen LogP contribution in [0.3, 0.4) is 0 Å². The summed E-state index contributed by atoms with van der Waals surface area (Å²) in [5.74, 6) is 1.51. The van der Waals surface area contributed by atoms with Gasteiger partial charge in [0, 0.05) is 18.6 Å². The van der Waals surface area contributed by atoms with Gasteiger partial charge in [-0.25, -0.2) is 10.4 Å². The number of nitrogens with zero attached hydrogens (tertiary/aromatic N) is 2. The molecule has 32 heavy (non-hydrogen) atoms. The average Bonchev–Trinajstić information content (AvgIpc) is 2.77. The molecule has 0 aliphatic rings. The molecule has 0 saturated carbocycles. The predicted molar refractivity (Wildman–Crippen MR) is 125 cm³/mol. The highest BCUT2D eigenvalue weighted by Gasteiger charge is 2.08. The second kappa shape index (κ2) is 11.1. The van der Waals surface area contributed by atoms with E-state index in [-0.39, 0.29) is 24.5 Å². The van der Waals surface area contributed by atoms with Gasteiger partial charge >= 0.3 is 0 Å². The Bertz CT molecular complexity index is 1120. The number of anilines is 1. The van der Waals surface area contributed by atoms with Crippen LogP contribution in [0, 0.1) is 13.8 Å². The Morgan fingerprint density at radius 3 is 2.59 bits per heavy atom. The molecule has 0 spiro atoms. The minimum atomic E-state index is -0.294. The van der Waals surface area contributed by atoms with E-state index in [1.54, 1.807) is 13.1 Å². The van der Waals surface area contributed by atoms with Crippen molar-refractivity contribution in [2.45, 2.75) is 33.8 Å². The fourth-order valence-corrected chi connectivity index (χ4v) is 3.08. The average molecular weight is 437 g/mol. The molecule has 1 aromatic heterocycles. The zero-order valence-corrected chi connectivity index (χ0v) is 18.5. The summed E-state index contributed by atoms with van der Waals surface area (Å²) >= 11 is 0. The van der Waals surface area contributed by atoms with Crippen LogP contribution in [0.15, 0.2) is 52.4 Å². The second-order valence-electron chi connectivity index (χ2n) is 7.24. The van der Waals surface area contributed by atoms with E-state index in [0.29, 0.717) is 36.0 Å². The summed E-state index contributed by atoms with van der Waals surface area (Å²) in [6.45, 7) is 6.53. The molecule has 1 heterocycles. The number of hydrogen-bond acceptors (Lipinski definition) is 7. The van der Waals surface area contributed by atoms with Crippen LogP contribution in [0.1, 0.15) is 34.9 Å². The van der Waals surface area contributed by atoms with Crippen LogP contribution in [0.2, 0.25) is 0 Å². The standard InChI is InChI=1S/C24H28N4O4/c1-4-31-22-13-19(9-10-21(22)32-15-18-7-5-16(2)6-8-18)14-25-28-24-26-17(3)20(11-12-29)23(30)27-24/h5-10,13-14,29H,4,11-12,15H2,1-3H3,(H2,26,27,28,30)/b25-14-. The van der Waals surface area contributed by atoms with Crippen LogP contribution in [-0.4, -0.2) is 34.5 Å². The molecule has 0 unspecified atom stereocenters. The van der Waals surface area contributed by atoms with E-state index in [4.69, 9.17) is 14.6 Å². The van der Waals surface area contributed by atoms with Crippen LogP contribution in [0.4, 0.5) is 5.95 Å². The number of aliphatic hydroxyl groups is 1. The molecular formula is C24H28N4O4. The molecule has 0 radical (unpaired) electrons. The molecule has 0 aliphatic carbocycles. The van der Waals surface area contributed by atoms with Gasteiger partial charge in [0.2, 0.25) is 5.95 Å². The largest absolute Gasteiger partial charge is 0.490 e. The number of benzene rings is 2. The van der Waals surface area contributed by atoms with E-state index in [0.717, 1.165) is 11.1 Å². The smallest absolute Gasteiger partial charge is 0.255 e. The number of nitrogens with one attached hydrogen (secondary N) is 2. The number of ether oxygens (including phenoxy) is 2. The maximum absolute atomic E-state index is 12.1. The summed E-state index contributed by atoms with van der Waals surface area (Å²) in [6, 6.07) is 13.7. The lowest BCUT2D eigenvalue weighted by molar-refractivity contribution is 0.269. The minimum Gasteiger partial charge on any atom is -0.490 e. The van der Waals surface area contributed by atoms with Crippen molar-refractivity contribution in [2.75, 3.05) is 18.6 Å². The van der Waals surface area contributed by atoms with Crippen LogP contribution < -0.4 is 20.5 Å². The molecule has 8 heteroatoms. The molecule has 3 aromatic rings. The fourth-order valence-electron chi connectivity index (χ4n) is 3.08. The van der Waals surface area contributed by atoms with Crippen LogP contribution in [0.25, 0.3) is 0 Å². The molecule has 0 saturated heterocycles. The van der Waals surface area contributed by atoms with E-state index in [1.165, 1.54) is 5.56 Å². The van der Waals surface area contributed by atoms with Crippen molar-refractivity contribution in [2.24, 2.45) is 5.10 Å². The molecule has 0 atom stereocenters. The van der Waals surface area contributed by atoms with Crippen LogP contribution >= 0.6 is 0 Å². The number of H-pyrrole nitrogens is 1. The number of hydrazone groups is 1. The Balaban J connectivity index is 1.68. The van der Waals surface area contributed by atoms with E-state index in [2.05, 4.69) is 32.6 Å². The first-order chi connectivity index (χ1) is 15.5. The molecule has 0 aliphatic heterocycles. The van der Waals surface area contributed by atoms with E-state index in [1.807, 2.05) is 44.2 Å². The Morgan fingerprint density at radius 1 is 1.12 bits per heavy atom. The molecule has 3 N–H and O–H groups in total. The summed E-state index contributed by atoms with van der Waals surface area (Å²) in [4.78, 5) is 19.0. The van der Waals surface area contributed by atoms with Gasteiger partial charge in [0.1, 0.15) is 6.61 Å². The first-order valence-electron chi connectivity index (χ1n) is 10.4. The van der Waals surface area contributed by atoms with Crippen molar-refractivity contribution < 1.29 is 14.6 Å². The minimum absolute atomic E-state index is 0.108. The third-order valence-electron chi connectivity index (χ3n) is 4.75. The summed E-state index contributed by atoms with van der Waals surface area (Å²) in [6.07, 6.45) is 1.86. The molecule has 2 aromatic carbocycles. The molecule has 3 rings (SSSR count). The number of aromatic nitrogens is 2.